The summed E-state index contributed by atoms with van der Waals surface area (Å²) in [4.78, 5) is 0. The van der Waals surface area contributed by atoms with Crippen molar-refractivity contribution in [2.45, 2.75) is 32.8 Å². The molecule has 0 bridgehead atoms. The zero-order chi connectivity index (χ0) is 8.27. The van der Waals surface area contributed by atoms with Gasteiger partial charge < -0.3 is 9.84 Å². The lowest BCUT2D eigenvalue weighted by molar-refractivity contribution is -0.0671. The first-order valence-corrected chi connectivity index (χ1v) is 4.48. The molecular formula is C9H18O2. The highest BCUT2D eigenvalue weighted by Crippen LogP contribution is 2.25. The highest BCUT2D eigenvalue weighted by molar-refractivity contribution is 4.76. The van der Waals surface area contributed by atoms with Crippen LogP contribution in [0.2, 0.25) is 0 Å². The zero-order valence-electron chi connectivity index (χ0n) is 7.42. The van der Waals surface area contributed by atoms with Crippen molar-refractivity contribution in [3.05, 3.63) is 0 Å². The summed E-state index contributed by atoms with van der Waals surface area (Å²) in [7, 11) is 0. The van der Waals surface area contributed by atoms with Gasteiger partial charge in [0.2, 0.25) is 0 Å². The number of hydrogen-bond donors (Lipinski definition) is 1. The van der Waals surface area contributed by atoms with E-state index in [1.165, 1.54) is 0 Å². The maximum Gasteiger partial charge on any atom is 0.0648 e. The molecule has 1 N–H and O–H groups in total. The SMILES string of the molecule is CC(C)[C@@H]1OCCC[C@@H]1CO. The highest BCUT2D eigenvalue weighted by atomic mass is 16.5. The van der Waals surface area contributed by atoms with Crippen LogP contribution in [-0.2, 0) is 4.74 Å². The van der Waals surface area contributed by atoms with Gasteiger partial charge in [-0.25, -0.2) is 0 Å². The normalized spacial score (nSPS) is 32.7. The molecule has 0 unspecified atom stereocenters. The molecule has 0 amide bonds. The molecule has 66 valence electrons. The molecule has 0 aromatic carbocycles. The maximum atomic E-state index is 9.03. The highest BCUT2D eigenvalue weighted by Gasteiger charge is 2.27. The van der Waals surface area contributed by atoms with Crippen molar-refractivity contribution in [2.75, 3.05) is 13.2 Å². The first kappa shape index (κ1) is 9.01. The van der Waals surface area contributed by atoms with Crippen LogP contribution in [0.4, 0.5) is 0 Å². The second-order valence-corrected chi connectivity index (χ2v) is 3.66. The molecule has 2 nitrogen and oxygen atoms in total. The van der Waals surface area contributed by atoms with Crippen molar-refractivity contribution >= 4 is 0 Å². The fourth-order valence-electron chi connectivity index (χ4n) is 1.80. The number of aliphatic hydroxyl groups excluding tert-OH is 1. The lowest BCUT2D eigenvalue weighted by atomic mass is 9.88. The Hall–Kier alpha value is -0.0800. The average Bonchev–Trinajstić information content (AvgIpc) is 2.04. The quantitative estimate of drug-likeness (QED) is 0.658. The minimum atomic E-state index is 0.281. The monoisotopic (exact) mass is 158 g/mol. The van der Waals surface area contributed by atoms with E-state index in [0.717, 1.165) is 19.4 Å². The molecule has 0 saturated carbocycles. The van der Waals surface area contributed by atoms with Crippen molar-refractivity contribution in [2.24, 2.45) is 11.8 Å². The summed E-state index contributed by atoms with van der Waals surface area (Å²) in [6.07, 6.45) is 2.52. The van der Waals surface area contributed by atoms with Crippen LogP contribution in [0.15, 0.2) is 0 Å². The summed E-state index contributed by atoms with van der Waals surface area (Å²) in [5.41, 5.74) is 0. The van der Waals surface area contributed by atoms with Gasteiger partial charge in [0.15, 0.2) is 0 Å². The Kier molecular flexibility index (Phi) is 3.34. The summed E-state index contributed by atoms with van der Waals surface area (Å²) in [6, 6.07) is 0. The summed E-state index contributed by atoms with van der Waals surface area (Å²) in [6.45, 7) is 5.46. The van der Waals surface area contributed by atoms with E-state index in [2.05, 4.69) is 13.8 Å². The van der Waals surface area contributed by atoms with Crippen LogP contribution in [0, 0.1) is 11.8 Å². The first-order chi connectivity index (χ1) is 5.25. The van der Waals surface area contributed by atoms with Crippen molar-refractivity contribution in [1.29, 1.82) is 0 Å². The third-order valence-electron chi connectivity index (χ3n) is 2.39. The average molecular weight is 158 g/mol. The van der Waals surface area contributed by atoms with Crippen LogP contribution in [-0.4, -0.2) is 24.4 Å². The van der Waals surface area contributed by atoms with Gasteiger partial charge in [-0.15, -0.1) is 0 Å². The van der Waals surface area contributed by atoms with Gasteiger partial charge in [-0.3, -0.25) is 0 Å². The van der Waals surface area contributed by atoms with E-state index in [4.69, 9.17) is 9.84 Å². The van der Waals surface area contributed by atoms with Gasteiger partial charge in [0.05, 0.1) is 6.10 Å². The number of rotatable bonds is 2. The molecular weight excluding hydrogens is 140 g/mol. The van der Waals surface area contributed by atoms with E-state index >= 15 is 0 Å². The van der Waals surface area contributed by atoms with E-state index in [9.17, 15) is 0 Å². The second kappa shape index (κ2) is 4.07. The lowest BCUT2D eigenvalue weighted by Crippen LogP contribution is -2.35. The molecule has 1 saturated heterocycles. The molecule has 0 radical (unpaired) electrons. The van der Waals surface area contributed by atoms with Crippen LogP contribution in [0.1, 0.15) is 26.7 Å². The first-order valence-electron chi connectivity index (χ1n) is 4.48. The second-order valence-electron chi connectivity index (χ2n) is 3.66. The fraction of sp³-hybridized carbons (Fsp3) is 1.00. The Bertz CT molecular complexity index is 112. The number of hydrogen-bond acceptors (Lipinski definition) is 2. The van der Waals surface area contributed by atoms with Gasteiger partial charge in [-0.05, 0) is 18.8 Å². The van der Waals surface area contributed by atoms with Crippen LogP contribution in [0.25, 0.3) is 0 Å². The molecule has 0 aromatic heterocycles. The topological polar surface area (TPSA) is 29.5 Å². The molecule has 1 rings (SSSR count). The van der Waals surface area contributed by atoms with Gasteiger partial charge in [-0.2, -0.15) is 0 Å². The summed E-state index contributed by atoms with van der Waals surface area (Å²) in [5.74, 6) is 0.913. The summed E-state index contributed by atoms with van der Waals surface area (Å²) >= 11 is 0. The zero-order valence-corrected chi connectivity index (χ0v) is 7.42. The van der Waals surface area contributed by atoms with E-state index in [0.29, 0.717) is 11.8 Å². The molecule has 0 aromatic rings. The van der Waals surface area contributed by atoms with Gasteiger partial charge in [-0.1, -0.05) is 13.8 Å². The summed E-state index contributed by atoms with van der Waals surface area (Å²) < 4.78 is 5.58. The summed E-state index contributed by atoms with van der Waals surface area (Å²) in [5, 5.41) is 9.03. The molecule has 0 spiro atoms. The number of aliphatic hydroxyl groups is 1. The minimum absolute atomic E-state index is 0.281. The molecule has 2 heteroatoms. The Labute approximate surface area is 68.6 Å². The van der Waals surface area contributed by atoms with Crippen molar-refractivity contribution in [3.8, 4) is 0 Å². The van der Waals surface area contributed by atoms with E-state index in [1.807, 2.05) is 0 Å². The van der Waals surface area contributed by atoms with Crippen LogP contribution in [0.3, 0.4) is 0 Å². The Balaban J connectivity index is 2.44. The van der Waals surface area contributed by atoms with Gasteiger partial charge >= 0.3 is 0 Å². The molecule has 1 fully saturated rings. The van der Waals surface area contributed by atoms with Crippen LogP contribution < -0.4 is 0 Å². The van der Waals surface area contributed by atoms with Crippen LogP contribution >= 0.6 is 0 Å². The molecule has 11 heavy (non-hydrogen) atoms. The van der Waals surface area contributed by atoms with E-state index in [-0.39, 0.29) is 12.7 Å². The molecule has 1 aliphatic rings. The lowest BCUT2D eigenvalue weighted by Gasteiger charge is -2.33. The predicted molar refractivity (Wildman–Crippen MR) is 44.4 cm³/mol. The maximum absolute atomic E-state index is 9.03. The predicted octanol–water partition coefficient (Wildman–Crippen LogP) is 1.43. The van der Waals surface area contributed by atoms with Crippen LogP contribution in [0.5, 0.6) is 0 Å². The van der Waals surface area contributed by atoms with Gasteiger partial charge in [0.1, 0.15) is 0 Å². The Morgan fingerprint density at radius 2 is 2.27 bits per heavy atom. The van der Waals surface area contributed by atoms with Gasteiger partial charge in [0.25, 0.3) is 0 Å². The van der Waals surface area contributed by atoms with E-state index in [1.54, 1.807) is 0 Å². The van der Waals surface area contributed by atoms with E-state index < -0.39 is 0 Å². The fourth-order valence-corrected chi connectivity index (χ4v) is 1.80. The van der Waals surface area contributed by atoms with Crippen molar-refractivity contribution < 1.29 is 9.84 Å². The molecule has 1 heterocycles. The largest absolute Gasteiger partial charge is 0.396 e. The standard InChI is InChI=1S/C9H18O2/c1-7(2)9-8(6-10)4-3-5-11-9/h7-10H,3-6H2,1-2H3/t8-,9+/m1/s1. The number of ether oxygens (including phenoxy) is 1. The Morgan fingerprint density at radius 3 is 2.73 bits per heavy atom. The molecule has 2 atom stereocenters. The third kappa shape index (κ3) is 2.17. The molecule has 1 aliphatic heterocycles. The van der Waals surface area contributed by atoms with Crippen molar-refractivity contribution in [1.82, 2.24) is 0 Å². The van der Waals surface area contributed by atoms with Gasteiger partial charge in [0, 0.05) is 19.1 Å². The van der Waals surface area contributed by atoms with Crippen molar-refractivity contribution in [3.63, 3.8) is 0 Å². The third-order valence-corrected chi connectivity index (χ3v) is 2.39. The smallest absolute Gasteiger partial charge is 0.0648 e. The minimum Gasteiger partial charge on any atom is -0.396 e. The Morgan fingerprint density at radius 1 is 1.55 bits per heavy atom. The molecule has 0 aliphatic carbocycles.